The van der Waals surface area contributed by atoms with E-state index >= 15 is 0 Å². The predicted molar refractivity (Wildman–Crippen MR) is 87.1 cm³/mol. The summed E-state index contributed by atoms with van der Waals surface area (Å²) in [6.45, 7) is 4.81. The third-order valence-electron chi connectivity index (χ3n) is 3.38. The summed E-state index contributed by atoms with van der Waals surface area (Å²) in [4.78, 5) is 1.05. The van der Waals surface area contributed by atoms with Gasteiger partial charge in [0.05, 0.1) is 12.1 Å². The van der Waals surface area contributed by atoms with Crippen LogP contribution in [0.1, 0.15) is 29.0 Å². The molecule has 1 aromatic heterocycles. The molecular formula is C16H19ClFNOS. The molecule has 21 heavy (non-hydrogen) atoms. The van der Waals surface area contributed by atoms with Gasteiger partial charge >= 0.3 is 0 Å². The van der Waals surface area contributed by atoms with Crippen molar-refractivity contribution < 1.29 is 9.13 Å². The molecule has 1 atom stereocenters. The number of methoxy groups -OCH3 is 1. The Bertz CT molecular complexity index is 614. The molecule has 0 fully saturated rings. The van der Waals surface area contributed by atoms with Gasteiger partial charge in [-0.1, -0.05) is 30.7 Å². The maximum absolute atomic E-state index is 14.3. The van der Waals surface area contributed by atoms with Crippen LogP contribution in [0.3, 0.4) is 0 Å². The summed E-state index contributed by atoms with van der Waals surface area (Å²) in [6, 6.07) is 5.23. The zero-order valence-corrected chi connectivity index (χ0v) is 13.9. The van der Waals surface area contributed by atoms with E-state index in [1.165, 1.54) is 7.11 Å². The van der Waals surface area contributed by atoms with Crippen molar-refractivity contribution in [3.05, 3.63) is 50.4 Å². The van der Waals surface area contributed by atoms with Crippen LogP contribution in [-0.4, -0.2) is 13.7 Å². The second-order valence-corrected chi connectivity index (χ2v) is 6.13. The first-order valence-corrected chi connectivity index (χ1v) is 8.12. The Labute approximate surface area is 133 Å². The zero-order chi connectivity index (χ0) is 15.4. The molecule has 114 valence electrons. The maximum Gasteiger partial charge on any atom is 0.168 e. The van der Waals surface area contributed by atoms with Crippen molar-refractivity contribution in [2.45, 2.75) is 26.3 Å². The van der Waals surface area contributed by atoms with Crippen molar-refractivity contribution in [3.63, 3.8) is 0 Å². The molecule has 0 aliphatic carbocycles. The molecule has 0 saturated carbocycles. The number of hydrogen-bond donors (Lipinski definition) is 1. The fourth-order valence-corrected chi connectivity index (χ4v) is 3.68. The molecule has 2 rings (SSSR count). The third-order valence-corrected chi connectivity index (χ3v) is 5.21. The van der Waals surface area contributed by atoms with Crippen LogP contribution in [0, 0.1) is 12.7 Å². The fourth-order valence-electron chi connectivity index (χ4n) is 2.28. The molecule has 0 radical (unpaired) electrons. The van der Waals surface area contributed by atoms with E-state index in [-0.39, 0.29) is 17.6 Å². The topological polar surface area (TPSA) is 21.3 Å². The largest absolute Gasteiger partial charge is 0.494 e. The molecule has 1 aromatic carbocycles. The highest BCUT2D eigenvalue weighted by atomic mass is 35.5. The van der Waals surface area contributed by atoms with Crippen molar-refractivity contribution in [1.82, 2.24) is 5.32 Å². The van der Waals surface area contributed by atoms with E-state index in [4.69, 9.17) is 16.3 Å². The highest BCUT2D eigenvalue weighted by molar-refractivity contribution is 7.10. The van der Waals surface area contributed by atoms with Crippen LogP contribution in [0.25, 0.3) is 0 Å². The van der Waals surface area contributed by atoms with Crippen LogP contribution in [0.4, 0.5) is 4.39 Å². The van der Waals surface area contributed by atoms with E-state index in [2.05, 4.69) is 5.32 Å². The molecule has 0 aliphatic rings. The van der Waals surface area contributed by atoms with Gasteiger partial charge in [-0.3, -0.25) is 0 Å². The molecule has 1 unspecified atom stereocenters. The Morgan fingerprint density at radius 2 is 2.19 bits per heavy atom. The van der Waals surface area contributed by atoms with E-state index < -0.39 is 0 Å². The first kappa shape index (κ1) is 16.3. The quantitative estimate of drug-likeness (QED) is 0.826. The Hall–Kier alpha value is -1.10. The van der Waals surface area contributed by atoms with Crippen LogP contribution in [-0.2, 0) is 6.42 Å². The Balaban J connectivity index is 2.31. The predicted octanol–water partition coefficient (Wildman–Crippen LogP) is 4.75. The minimum absolute atomic E-state index is 0.00260. The van der Waals surface area contributed by atoms with Gasteiger partial charge in [-0.05, 0) is 42.5 Å². The molecule has 0 bridgehead atoms. The van der Waals surface area contributed by atoms with Crippen LogP contribution in [0.15, 0.2) is 23.6 Å². The molecule has 0 spiro atoms. The van der Waals surface area contributed by atoms with Gasteiger partial charge < -0.3 is 10.1 Å². The second kappa shape index (κ2) is 7.25. The first-order valence-electron chi connectivity index (χ1n) is 6.86. The molecular weight excluding hydrogens is 309 g/mol. The standard InChI is InChI=1S/C16H19ClFNOS/c1-4-19-12(16-14(17)10(2)9-21-16)8-11-6-5-7-13(20-3)15(11)18/h5-7,9,12,19H,4,8H2,1-3H3. The van der Waals surface area contributed by atoms with Gasteiger partial charge in [0.15, 0.2) is 11.6 Å². The van der Waals surface area contributed by atoms with Crippen LogP contribution in [0.5, 0.6) is 5.75 Å². The Morgan fingerprint density at radius 1 is 1.43 bits per heavy atom. The van der Waals surface area contributed by atoms with Gasteiger partial charge in [0.1, 0.15) is 0 Å². The average molecular weight is 328 g/mol. The third kappa shape index (κ3) is 3.57. The van der Waals surface area contributed by atoms with Gasteiger partial charge in [-0.2, -0.15) is 0 Å². The highest BCUT2D eigenvalue weighted by Crippen LogP contribution is 2.35. The summed E-state index contributed by atoms with van der Waals surface area (Å²) in [5.74, 6) is -0.0245. The Morgan fingerprint density at radius 3 is 2.76 bits per heavy atom. The minimum Gasteiger partial charge on any atom is -0.494 e. The second-order valence-electron chi connectivity index (χ2n) is 4.84. The molecule has 0 saturated heterocycles. The van der Waals surface area contributed by atoms with E-state index in [9.17, 15) is 4.39 Å². The van der Waals surface area contributed by atoms with Gasteiger partial charge in [0, 0.05) is 10.9 Å². The van der Waals surface area contributed by atoms with Gasteiger partial charge in [0.2, 0.25) is 0 Å². The lowest BCUT2D eigenvalue weighted by atomic mass is 10.0. The monoisotopic (exact) mass is 327 g/mol. The normalized spacial score (nSPS) is 12.4. The van der Waals surface area contributed by atoms with E-state index in [0.717, 1.165) is 22.0 Å². The van der Waals surface area contributed by atoms with E-state index in [0.29, 0.717) is 12.0 Å². The lowest BCUT2D eigenvalue weighted by Gasteiger charge is -2.18. The number of ether oxygens (including phenoxy) is 1. The number of halogens is 2. The number of nitrogens with one attached hydrogen (secondary N) is 1. The molecule has 2 aromatic rings. The summed E-state index contributed by atoms with van der Waals surface area (Å²) in [5.41, 5.74) is 1.69. The molecule has 1 N–H and O–H groups in total. The molecule has 0 aliphatic heterocycles. The highest BCUT2D eigenvalue weighted by Gasteiger charge is 2.20. The summed E-state index contributed by atoms with van der Waals surface area (Å²) in [7, 11) is 1.48. The lowest BCUT2D eigenvalue weighted by Crippen LogP contribution is -2.22. The molecule has 1 heterocycles. The van der Waals surface area contributed by atoms with Gasteiger partial charge in [-0.15, -0.1) is 11.3 Å². The number of hydrogen-bond acceptors (Lipinski definition) is 3. The molecule has 5 heteroatoms. The van der Waals surface area contributed by atoms with Crippen molar-refractivity contribution in [3.8, 4) is 5.75 Å². The van der Waals surface area contributed by atoms with Crippen molar-refractivity contribution in [2.75, 3.05) is 13.7 Å². The number of benzene rings is 1. The van der Waals surface area contributed by atoms with E-state index in [1.807, 2.05) is 25.3 Å². The smallest absolute Gasteiger partial charge is 0.168 e. The summed E-state index contributed by atoms with van der Waals surface area (Å²) in [5, 5.41) is 6.19. The average Bonchev–Trinajstić information content (AvgIpc) is 2.80. The van der Waals surface area contributed by atoms with Crippen LogP contribution in [0.2, 0.25) is 5.02 Å². The Kier molecular flexibility index (Phi) is 5.62. The maximum atomic E-state index is 14.3. The van der Waals surface area contributed by atoms with Gasteiger partial charge in [-0.25, -0.2) is 4.39 Å². The number of aryl methyl sites for hydroxylation is 1. The minimum atomic E-state index is -0.299. The van der Waals surface area contributed by atoms with Crippen molar-refractivity contribution in [2.24, 2.45) is 0 Å². The fraction of sp³-hybridized carbons (Fsp3) is 0.375. The number of thiophene rings is 1. The lowest BCUT2D eigenvalue weighted by molar-refractivity contribution is 0.382. The van der Waals surface area contributed by atoms with Gasteiger partial charge in [0.25, 0.3) is 0 Å². The first-order chi connectivity index (χ1) is 10.1. The van der Waals surface area contributed by atoms with Crippen LogP contribution < -0.4 is 10.1 Å². The summed E-state index contributed by atoms with van der Waals surface area (Å²) in [6.07, 6.45) is 0.538. The summed E-state index contributed by atoms with van der Waals surface area (Å²) < 4.78 is 19.4. The van der Waals surface area contributed by atoms with E-state index in [1.54, 1.807) is 23.5 Å². The summed E-state index contributed by atoms with van der Waals surface area (Å²) >= 11 is 7.97. The number of rotatable bonds is 6. The van der Waals surface area contributed by atoms with Crippen LogP contribution >= 0.6 is 22.9 Å². The van der Waals surface area contributed by atoms with Crippen molar-refractivity contribution >= 4 is 22.9 Å². The number of likely N-dealkylation sites (N-methyl/N-ethyl adjacent to an activating group) is 1. The zero-order valence-electron chi connectivity index (χ0n) is 12.4. The SMILES string of the molecule is CCNC(Cc1cccc(OC)c1F)c1scc(C)c1Cl. The molecule has 2 nitrogen and oxygen atoms in total. The molecule has 0 amide bonds. The van der Waals surface area contributed by atoms with Crippen molar-refractivity contribution in [1.29, 1.82) is 0 Å².